The molecule has 0 unspecified atom stereocenters. The van der Waals surface area contributed by atoms with Gasteiger partial charge in [-0.1, -0.05) is 154 Å². The minimum atomic E-state index is -0.0348. The first-order valence-electron chi connectivity index (χ1n) is 19.3. The zero-order chi connectivity index (χ0) is 38.5. The lowest BCUT2D eigenvalue weighted by atomic mass is 9.79. The summed E-state index contributed by atoms with van der Waals surface area (Å²) in [6, 6.07) is 40.8. The van der Waals surface area contributed by atoms with Crippen molar-refractivity contribution in [2.45, 2.75) is 91.9 Å². The third-order valence-electron chi connectivity index (χ3n) is 10.6. The fourth-order valence-corrected chi connectivity index (χ4v) is 7.32. The Morgan fingerprint density at radius 3 is 1.74 bits per heavy atom. The molecule has 7 rings (SSSR count). The van der Waals surface area contributed by atoms with Crippen LogP contribution < -0.4 is 0 Å². The highest BCUT2D eigenvalue weighted by atomic mass is 16.3. The second-order valence-corrected chi connectivity index (χ2v) is 17.4. The molecule has 0 radical (unpaired) electrons. The maximum atomic E-state index is 11.6. The fraction of sp³-hybridized carbons (Fsp3) is 0.280. The molecule has 0 aliphatic rings. The Morgan fingerprint density at radius 1 is 0.519 bits per heavy atom. The molecule has 7 aromatic rings. The van der Waals surface area contributed by atoms with Gasteiger partial charge in [-0.25, -0.2) is 9.97 Å². The summed E-state index contributed by atoms with van der Waals surface area (Å²) in [6.45, 7) is 22.3. The Balaban J connectivity index is 1.48. The van der Waals surface area contributed by atoms with Crippen LogP contribution in [-0.4, -0.2) is 19.5 Å². The second-order valence-electron chi connectivity index (χ2n) is 17.4. The van der Waals surface area contributed by atoms with Crippen LogP contribution in [0.15, 0.2) is 121 Å². The molecule has 0 amide bonds. The van der Waals surface area contributed by atoms with Crippen molar-refractivity contribution in [3.05, 3.63) is 144 Å². The van der Waals surface area contributed by atoms with E-state index in [4.69, 9.17) is 9.97 Å². The van der Waals surface area contributed by atoms with Crippen molar-refractivity contribution >= 4 is 5.65 Å². The maximum Gasteiger partial charge on any atom is 0.141 e. The summed E-state index contributed by atoms with van der Waals surface area (Å²) in [6.07, 6.45) is 2.12. The number of aromatic nitrogens is 3. The van der Waals surface area contributed by atoms with Crippen LogP contribution in [0.4, 0.5) is 0 Å². The standard InChI is InChI=1S/C50H53N3O/c1-31(2)40-21-15-22-42(47(40)54)44-29-37(36-26-38(49(5,6)7)30-39(27-36)50(8,9)10)28-43(51-44)34-19-14-20-35(25-34)45-46(33-17-12-11-13-18-33)53-24-16-23-41(32(3)4)48(53)52-45/h11-32,54H,1-10H3. The molecular weight excluding hydrogens is 659 g/mol. The van der Waals surface area contributed by atoms with Crippen LogP contribution in [0.3, 0.4) is 0 Å². The SMILES string of the molecule is CC(C)c1cccc(-c2cc(-c3cc(C(C)(C)C)cc(C(C)(C)C)c3)cc(-c3cccc(-c4nc5c(C(C)C)cccn5c4-c4ccccc4)c3)n2)c1O. The van der Waals surface area contributed by atoms with Crippen molar-refractivity contribution in [3.8, 4) is 61.9 Å². The van der Waals surface area contributed by atoms with Crippen LogP contribution in [0.2, 0.25) is 0 Å². The van der Waals surface area contributed by atoms with Gasteiger partial charge < -0.3 is 5.11 Å². The number of phenolic OH excluding ortho intramolecular Hbond substituents is 1. The van der Waals surface area contributed by atoms with E-state index < -0.39 is 0 Å². The molecule has 0 aliphatic carbocycles. The summed E-state index contributed by atoms with van der Waals surface area (Å²) in [5.41, 5.74) is 15.2. The van der Waals surface area contributed by atoms with Gasteiger partial charge in [0.25, 0.3) is 0 Å². The molecule has 4 aromatic carbocycles. The van der Waals surface area contributed by atoms with Gasteiger partial charge in [0.2, 0.25) is 0 Å². The number of fused-ring (bicyclic) bond motifs is 1. The van der Waals surface area contributed by atoms with Crippen LogP contribution in [-0.2, 0) is 10.8 Å². The smallest absolute Gasteiger partial charge is 0.141 e. The molecule has 0 saturated heterocycles. The number of aromatic hydroxyl groups is 1. The molecule has 4 heteroatoms. The summed E-state index contributed by atoms with van der Waals surface area (Å²) < 4.78 is 2.24. The Labute approximate surface area is 321 Å². The molecular formula is C50H53N3O. The second kappa shape index (κ2) is 14.1. The number of imidazole rings is 1. The van der Waals surface area contributed by atoms with E-state index >= 15 is 0 Å². The van der Waals surface area contributed by atoms with E-state index in [-0.39, 0.29) is 22.5 Å². The summed E-state index contributed by atoms with van der Waals surface area (Å²) in [5.74, 6) is 0.779. The average Bonchev–Trinajstić information content (AvgIpc) is 3.54. The molecule has 3 heterocycles. The van der Waals surface area contributed by atoms with E-state index in [0.717, 1.165) is 67.4 Å². The van der Waals surface area contributed by atoms with Gasteiger partial charge in [0.05, 0.1) is 22.8 Å². The molecule has 4 nitrogen and oxygen atoms in total. The normalized spacial score (nSPS) is 12.3. The van der Waals surface area contributed by atoms with Crippen molar-refractivity contribution in [1.82, 2.24) is 14.4 Å². The van der Waals surface area contributed by atoms with Gasteiger partial charge >= 0.3 is 0 Å². The lowest BCUT2D eigenvalue weighted by molar-refractivity contribution is 0.466. The highest BCUT2D eigenvalue weighted by Gasteiger charge is 2.23. The Hall–Kier alpha value is -5.48. The molecule has 0 aliphatic heterocycles. The van der Waals surface area contributed by atoms with Crippen LogP contribution >= 0.6 is 0 Å². The monoisotopic (exact) mass is 711 g/mol. The molecule has 274 valence electrons. The van der Waals surface area contributed by atoms with Gasteiger partial charge in [0.1, 0.15) is 11.4 Å². The largest absolute Gasteiger partial charge is 0.507 e. The van der Waals surface area contributed by atoms with E-state index in [9.17, 15) is 5.11 Å². The first-order chi connectivity index (χ1) is 25.6. The summed E-state index contributed by atoms with van der Waals surface area (Å²) in [5, 5.41) is 11.6. The number of phenols is 1. The topological polar surface area (TPSA) is 50.4 Å². The van der Waals surface area contributed by atoms with E-state index in [2.05, 4.69) is 177 Å². The average molecular weight is 712 g/mol. The summed E-state index contributed by atoms with van der Waals surface area (Å²) in [7, 11) is 0. The van der Waals surface area contributed by atoms with Gasteiger partial charge in [-0.15, -0.1) is 0 Å². The number of benzene rings is 4. The van der Waals surface area contributed by atoms with Crippen molar-refractivity contribution < 1.29 is 5.11 Å². The molecule has 0 saturated carbocycles. The minimum absolute atomic E-state index is 0.0348. The van der Waals surface area contributed by atoms with Crippen LogP contribution in [0.25, 0.3) is 61.8 Å². The predicted molar refractivity (Wildman–Crippen MR) is 227 cm³/mol. The molecule has 0 bridgehead atoms. The van der Waals surface area contributed by atoms with Crippen LogP contribution in [0.1, 0.15) is 103 Å². The first-order valence-corrected chi connectivity index (χ1v) is 19.3. The fourth-order valence-electron chi connectivity index (χ4n) is 7.32. The third-order valence-corrected chi connectivity index (χ3v) is 10.6. The van der Waals surface area contributed by atoms with Gasteiger partial charge in [-0.3, -0.25) is 4.40 Å². The Kier molecular flexibility index (Phi) is 9.60. The van der Waals surface area contributed by atoms with Crippen LogP contribution in [0, 0.1) is 0 Å². The molecule has 1 N–H and O–H groups in total. The molecule has 0 fully saturated rings. The molecule has 0 spiro atoms. The van der Waals surface area contributed by atoms with Crippen molar-refractivity contribution in [2.75, 3.05) is 0 Å². The highest BCUT2D eigenvalue weighted by molar-refractivity contribution is 5.86. The molecule has 3 aromatic heterocycles. The van der Waals surface area contributed by atoms with E-state index in [0.29, 0.717) is 5.92 Å². The Bertz CT molecular complexity index is 2440. The van der Waals surface area contributed by atoms with E-state index in [1.54, 1.807) is 0 Å². The molecule has 54 heavy (non-hydrogen) atoms. The third kappa shape index (κ3) is 7.10. The van der Waals surface area contributed by atoms with Gasteiger partial charge in [0, 0.05) is 28.5 Å². The molecule has 0 atom stereocenters. The zero-order valence-corrected chi connectivity index (χ0v) is 33.5. The van der Waals surface area contributed by atoms with E-state index in [1.165, 1.54) is 16.7 Å². The van der Waals surface area contributed by atoms with E-state index in [1.807, 2.05) is 18.2 Å². The quantitative estimate of drug-likeness (QED) is 0.179. The van der Waals surface area contributed by atoms with Crippen LogP contribution in [0.5, 0.6) is 5.75 Å². The number of rotatable bonds is 7. The lowest BCUT2D eigenvalue weighted by Gasteiger charge is -2.26. The maximum absolute atomic E-state index is 11.6. The lowest BCUT2D eigenvalue weighted by Crippen LogP contribution is -2.16. The van der Waals surface area contributed by atoms with Crippen molar-refractivity contribution in [2.24, 2.45) is 0 Å². The zero-order valence-electron chi connectivity index (χ0n) is 33.5. The van der Waals surface area contributed by atoms with Gasteiger partial charge in [-0.05, 0) is 86.4 Å². The predicted octanol–water partition coefficient (Wildman–Crippen LogP) is 13.6. The minimum Gasteiger partial charge on any atom is -0.507 e. The summed E-state index contributed by atoms with van der Waals surface area (Å²) in [4.78, 5) is 10.7. The van der Waals surface area contributed by atoms with Gasteiger partial charge in [0.15, 0.2) is 0 Å². The highest BCUT2D eigenvalue weighted by Crippen LogP contribution is 2.41. The number of para-hydroxylation sites is 1. The number of pyridine rings is 2. The first kappa shape index (κ1) is 36.9. The van der Waals surface area contributed by atoms with Crippen molar-refractivity contribution in [1.29, 1.82) is 0 Å². The number of hydrogen-bond acceptors (Lipinski definition) is 3. The van der Waals surface area contributed by atoms with Crippen molar-refractivity contribution in [3.63, 3.8) is 0 Å². The summed E-state index contributed by atoms with van der Waals surface area (Å²) >= 11 is 0. The Morgan fingerprint density at radius 2 is 1.09 bits per heavy atom. The van der Waals surface area contributed by atoms with Gasteiger partial charge in [-0.2, -0.15) is 0 Å². The number of hydrogen-bond donors (Lipinski definition) is 1. The number of nitrogens with zero attached hydrogens (tertiary/aromatic N) is 3.